The molecule has 18 heavy (non-hydrogen) atoms. The van der Waals surface area contributed by atoms with Crippen molar-refractivity contribution >= 4 is 52.4 Å². The third kappa shape index (κ3) is 2.50. The van der Waals surface area contributed by atoms with Crippen molar-refractivity contribution in [2.75, 3.05) is 5.73 Å². The molecule has 0 unspecified atom stereocenters. The second-order valence-electron chi connectivity index (χ2n) is 3.60. The quantitative estimate of drug-likeness (QED) is 0.614. The number of nitrogens with zero attached hydrogens (tertiary/aromatic N) is 2. The number of halogens is 4. The van der Waals surface area contributed by atoms with Gasteiger partial charge >= 0.3 is 0 Å². The Morgan fingerprint density at radius 2 is 1.61 bits per heavy atom. The van der Waals surface area contributed by atoms with Gasteiger partial charge in [0.2, 0.25) is 5.95 Å². The molecule has 1 heterocycles. The summed E-state index contributed by atoms with van der Waals surface area (Å²) in [6.07, 6.45) is 0. The highest BCUT2D eigenvalue weighted by atomic mass is 35.5. The molecule has 3 nitrogen and oxygen atoms in total. The molecule has 0 amide bonds. The van der Waals surface area contributed by atoms with Crippen LogP contribution in [0.15, 0.2) is 12.1 Å². The summed E-state index contributed by atoms with van der Waals surface area (Å²) in [6, 6.07) is 3.23. The molecule has 0 atom stereocenters. The average molecular weight is 323 g/mol. The summed E-state index contributed by atoms with van der Waals surface area (Å²) in [6.45, 7) is 1.79. The Balaban J connectivity index is 2.75. The first kappa shape index (κ1) is 13.7. The molecular formula is C11H7Cl4N3. The lowest BCUT2D eigenvalue weighted by Crippen LogP contribution is -1.99. The molecule has 0 radical (unpaired) electrons. The minimum atomic E-state index is 0.142. The number of anilines is 1. The summed E-state index contributed by atoms with van der Waals surface area (Å²) in [5.74, 6) is 0.142. The van der Waals surface area contributed by atoms with E-state index < -0.39 is 0 Å². The van der Waals surface area contributed by atoms with Crippen molar-refractivity contribution in [2.24, 2.45) is 0 Å². The molecule has 7 heteroatoms. The Labute approximate surface area is 124 Å². The van der Waals surface area contributed by atoms with Crippen LogP contribution in [-0.4, -0.2) is 9.97 Å². The van der Waals surface area contributed by atoms with Gasteiger partial charge in [0.05, 0.1) is 25.8 Å². The van der Waals surface area contributed by atoms with Gasteiger partial charge in [-0.25, -0.2) is 9.97 Å². The van der Waals surface area contributed by atoms with Crippen LogP contribution in [0.3, 0.4) is 0 Å². The van der Waals surface area contributed by atoms with Gasteiger partial charge in [0, 0.05) is 11.3 Å². The van der Waals surface area contributed by atoms with Crippen molar-refractivity contribution in [3.8, 4) is 11.3 Å². The lowest BCUT2D eigenvalue weighted by molar-refractivity contribution is 1.12. The Bertz CT molecular complexity index is 608. The summed E-state index contributed by atoms with van der Waals surface area (Å²) in [5.41, 5.74) is 7.30. The molecule has 1 aromatic heterocycles. The predicted molar refractivity (Wildman–Crippen MR) is 76.7 cm³/mol. The van der Waals surface area contributed by atoms with Gasteiger partial charge in [-0.3, -0.25) is 0 Å². The van der Waals surface area contributed by atoms with E-state index in [1.54, 1.807) is 13.0 Å². The standard InChI is InChI=1S/C11H7Cl4N3/c1-4-2-7(18-11(16)17-4)8-5(12)3-6(13)9(14)10(8)15/h2-3H,1H3,(H2,16,17,18). The smallest absolute Gasteiger partial charge is 0.220 e. The van der Waals surface area contributed by atoms with Gasteiger partial charge in [-0.15, -0.1) is 0 Å². The van der Waals surface area contributed by atoms with Crippen LogP contribution in [0.25, 0.3) is 11.3 Å². The Morgan fingerprint density at radius 3 is 2.22 bits per heavy atom. The van der Waals surface area contributed by atoms with Crippen molar-refractivity contribution in [2.45, 2.75) is 6.92 Å². The zero-order valence-corrected chi connectivity index (χ0v) is 12.2. The Hall–Kier alpha value is -0.740. The topological polar surface area (TPSA) is 51.8 Å². The van der Waals surface area contributed by atoms with E-state index in [-0.39, 0.29) is 21.0 Å². The van der Waals surface area contributed by atoms with Crippen molar-refractivity contribution in [3.05, 3.63) is 37.9 Å². The zero-order valence-electron chi connectivity index (χ0n) is 9.14. The van der Waals surface area contributed by atoms with E-state index in [9.17, 15) is 0 Å². The summed E-state index contributed by atoms with van der Waals surface area (Å²) < 4.78 is 0. The highest BCUT2D eigenvalue weighted by Gasteiger charge is 2.17. The molecule has 0 saturated heterocycles. The van der Waals surface area contributed by atoms with Gasteiger partial charge in [0.1, 0.15) is 0 Å². The second kappa shape index (κ2) is 5.10. The van der Waals surface area contributed by atoms with Crippen LogP contribution in [-0.2, 0) is 0 Å². The Kier molecular flexibility index (Phi) is 3.87. The third-order valence-corrected chi connectivity index (χ3v) is 3.80. The molecule has 2 N–H and O–H groups in total. The molecule has 0 aliphatic heterocycles. The average Bonchev–Trinajstić information content (AvgIpc) is 2.24. The van der Waals surface area contributed by atoms with E-state index in [4.69, 9.17) is 52.1 Å². The van der Waals surface area contributed by atoms with Crippen molar-refractivity contribution in [1.29, 1.82) is 0 Å². The molecule has 0 aliphatic rings. The summed E-state index contributed by atoms with van der Waals surface area (Å²) >= 11 is 24.1. The van der Waals surface area contributed by atoms with E-state index in [0.29, 0.717) is 22.0 Å². The first-order valence-electron chi connectivity index (χ1n) is 4.84. The normalized spacial score (nSPS) is 10.7. The van der Waals surface area contributed by atoms with E-state index in [1.165, 1.54) is 6.07 Å². The van der Waals surface area contributed by atoms with Crippen LogP contribution >= 0.6 is 46.4 Å². The maximum atomic E-state index is 6.14. The molecular weight excluding hydrogens is 316 g/mol. The maximum absolute atomic E-state index is 6.14. The fourth-order valence-electron chi connectivity index (χ4n) is 1.52. The van der Waals surface area contributed by atoms with Crippen molar-refractivity contribution < 1.29 is 0 Å². The number of aryl methyl sites for hydroxylation is 1. The molecule has 0 bridgehead atoms. The zero-order chi connectivity index (χ0) is 13.4. The largest absolute Gasteiger partial charge is 0.368 e. The molecule has 94 valence electrons. The maximum Gasteiger partial charge on any atom is 0.220 e. The van der Waals surface area contributed by atoms with Gasteiger partial charge < -0.3 is 5.73 Å². The summed E-state index contributed by atoms with van der Waals surface area (Å²) in [4.78, 5) is 8.07. The fraction of sp³-hybridized carbons (Fsp3) is 0.0909. The highest BCUT2D eigenvalue weighted by molar-refractivity contribution is 6.51. The number of rotatable bonds is 1. The monoisotopic (exact) mass is 321 g/mol. The summed E-state index contributed by atoms with van der Waals surface area (Å²) in [5, 5.41) is 1.11. The molecule has 0 spiro atoms. The van der Waals surface area contributed by atoms with Crippen LogP contribution in [0.2, 0.25) is 20.1 Å². The van der Waals surface area contributed by atoms with Crippen molar-refractivity contribution in [3.63, 3.8) is 0 Å². The van der Waals surface area contributed by atoms with Crippen LogP contribution in [0, 0.1) is 6.92 Å². The van der Waals surface area contributed by atoms with Crippen LogP contribution in [0.1, 0.15) is 5.69 Å². The molecule has 0 saturated carbocycles. The SMILES string of the molecule is Cc1cc(-c2c(Cl)cc(Cl)c(Cl)c2Cl)nc(N)n1. The fourth-order valence-corrected chi connectivity index (χ4v) is 2.63. The highest BCUT2D eigenvalue weighted by Crippen LogP contribution is 2.42. The van der Waals surface area contributed by atoms with Gasteiger partial charge in [-0.05, 0) is 19.1 Å². The van der Waals surface area contributed by atoms with E-state index in [1.807, 2.05) is 0 Å². The number of hydrogen-bond acceptors (Lipinski definition) is 3. The molecule has 1 aromatic carbocycles. The number of nitrogen functional groups attached to an aromatic ring is 1. The second-order valence-corrected chi connectivity index (χ2v) is 5.17. The minimum Gasteiger partial charge on any atom is -0.368 e. The van der Waals surface area contributed by atoms with Gasteiger partial charge in [0.15, 0.2) is 0 Å². The third-order valence-electron chi connectivity index (χ3n) is 2.24. The lowest BCUT2D eigenvalue weighted by Gasteiger charge is -2.10. The van der Waals surface area contributed by atoms with Gasteiger partial charge in [0.25, 0.3) is 0 Å². The van der Waals surface area contributed by atoms with Gasteiger partial charge in [-0.2, -0.15) is 0 Å². The number of benzene rings is 1. The van der Waals surface area contributed by atoms with E-state index in [0.717, 1.165) is 0 Å². The minimum absolute atomic E-state index is 0.142. The van der Waals surface area contributed by atoms with Gasteiger partial charge in [-0.1, -0.05) is 46.4 Å². The predicted octanol–water partition coefficient (Wildman–Crippen LogP) is 4.65. The first-order valence-corrected chi connectivity index (χ1v) is 6.36. The lowest BCUT2D eigenvalue weighted by atomic mass is 10.1. The van der Waals surface area contributed by atoms with E-state index in [2.05, 4.69) is 9.97 Å². The van der Waals surface area contributed by atoms with Crippen molar-refractivity contribution in [1.82, 2.24) is 9.97 Å². The summed E-state index contributed by atoms with van der Waals surface area (Å²) in [7, 11) is 0. The van der Waals surface area contributed by atoms with Crippen LogP contribution < -0.4 is 5.73 Å². The molecule has 0 fully saturated rings. The van der Waals surface area contributed by atoms with Crippen LogP contribution in [0.5, 0.6) is 0 Å². The first-order chi connectivity index (χ1) is 8.40. The molecule has 2 rings (SSSR count). The van der Waals surface area contributed by atoms with E-state index >= 15 is 0 Å². The molecule has 2 aromatic rings. The Morgan fingerprint density at radius 1 is 0.944 bits per heavy atom. The number of aromatic nitrogens is 2. The number of hydrogen-bond donors (Lipinski definition) is 1. The van der Waals surface area contributed by atoms with Crippen LogP contribution in [0.4, 0.5) is 5.95 Å². The molecule has 0 aliphatic carbocycles. The number of nitrogens with two attached hydrogens (primary N) is 1.